The van der Waals surface area contributed by atoms with Gasteiger partial charge in [-0.05, 0) is 66.7 Å². The molecular weight excluding hydrogens is 452 g/mol. The highest BCUT2D eigenvalue weighted by atomic mass is 35.5. The molecule has 2 N–H and O–H groups in total. The fourth-order valence-corrected chi connectivity index (χ4v) is 3.61. The largest absolute Gasteiger partial charge is 0.478 e. The molecule has 4 rings (SSSR count). The van der Waals surface area contributed by atoms with Gasteiger partial charge in [0.15, 0.2) is 0 Å². The lowest BCUT2D eigenvalue weighted by molar-refractivity contribution is 0.0696. The smallest absolute Gasteiger partial charge is 0.335 e. The lowest BCUT2D eigenvalue weighted by Crippen LogP contribution is -2.10. The maximum absolute atomic E-state index is 11.7. The van der Waals surface area contributed by atoms with Crippen molar-refractivity contribution >= 4 is 34.7 Å². The van der Waals surface area contributed by atoms with Gasteiger partial charge in [0.2, 0.25) is 0 Å². The summed E-state index contributed by atoms with van der Waals surface area (Å²) >= 11 is 5.98. The van der Waals surface area contributed by atoms with Gasteiger partial charge in [-0.15, -0.1) is 0 Å². The Morgan fingerprint density at radius 3 is 1.97 bits per heavy atom. The van der Waals surface area contributed by atoms with Crippen LogP contribution in [0.25, 0.3) is 0 Å². The predicted octanol–water partition coefficient (Wildman–Crippen LogP) is 6.83. The highest BCUT2D eigenvalue weighted by molar-refractivity contribution is 6.30. The Labute approximate surface area is 201 Å². The third-order valence-electron chi connectivity index (χ3n) is 5.25. The van der Waals surface area contributed by atoms with Gasteiger partial charge in [-0.2, -0.15) is 0 Å². The van der Waals surface area contributed by atoms with E-state index in [1.165, 1.54) is 12.1 Å². The minimum Gasteiger partial charge on any atom is -0.478 e. The molecule has 0 aliphatic heterocycles. The fraction of sp³-hybridized carbons (Fsp3) is 0.0370. The van der Waals surface area contributed by atoms with E-state index in [1.807, 2.05) is 78.7 Å². The molecule has 4 aromatic rings. The van der Waals surface area contributed by atoms with Crippen molar-refractivity contribution in [3.05, 3.63) is 119 Å². The number of rotatable bonds is 7. The lowest BCUT2D eigenvalue weighted by atomic mass is 9.99. The van der Waals surface area contributed by atoms with Gasteiger partial charge < -0.3 is 20.0 Å². The Morgan fingerprint density at radius 1 is 0.794 bits per heavy atom. The number of nitrogens with zero attached hydrogens (tertiary/aromatic N) is 2. The highest BCUT2D eigenvalue weighted by Crippen LogP contribution is 2.28. The molecule has 0 radical (unpaired) electrons. The van der Waals surface area contributed by atoms with Crippen molar-refractivity contribution in [1.29, 1.82) is 0 Å². The highest BCUT2D eigenvalue weighted by Gasteiger charge is 2.15. The average molecular weight is 473 g/mol. The molecule has 0 amide bonds. The SMILES string of the molecule is CN(c1ccc(Cl)cc1)c1ccc(/C(=N\O)c2cc(Oc3ccccc3)cc(C(=O)O)c2)cc1. The molecular formula is C27H21ClN2O4. The van der Waals surface area contributed by atoms with E-state index >= 15 is 0 Å². The summed E-state index contributed by atoms with van der Waals surface area (Å²) in [7, 11) is 1.93. The molecule has 0 aliphatic carbocycles. The molecule has 170 valence electrons. The molecule has 0 heterocycles. The summed E-state index contributed by atoms with van der Waals surface area (Å²) in [5.41, 5.74) is 3.14. The lowest BCUT2D eigenvalue weighted by Gasteiger charge is -2.20. The number of carboxylic acids is 1. The molecule has 0 atom stereocenters. The number of para-hydroxylation sites is 1. The number of hydrogen-bond acceptors (Lipinski definition) is 5. The standard InChI is InChI=1S/C27H21ClN2O4/c1-30(23-13-9-21(28)10-14-23)22-11-7-18(8-12-22)26(29-33)19-15-20(27(31)32)17-25(16-19)34-24-5-3-2-4-6-24/h2-17,33H,1H3,(H,31,32)/b29-26+. The number of ether oxygens (including phenoxy) is 1. The third-order valence-corrected chi connectivity index (χ3v) is 5.50. The van der Waals surface area contributed by atoms with E-state index in [-0.39, 0.29) is 11.3 Å². The number of hydrogen-bond donors (Lipinski definition) is 2. The first-order valence-electron chi connectivity index (χ1n) is 10.4. The van der Waals surface area contributed by atoms with E-state index in [1.54, 1.807) is 18.2 Å². The fourth-order valence-electron chi connectivity index (χ4n) is 3.48. The first-order chi connectivity index (χ1) is 16.4. The maximum Gasteiger partial charge on any atom is 0.335 e. The Balaban J connectivity index is 1.65. The van der Waals surface area contributed by atoms with Crippen molar-refractivity contribution in [2.75, 3.05) is 11.9 Å². The molecule has 0 unspecified atom stereocenters. The zero-order chi connectivity index (χ0) is 24.1. The quantitative estimate of drug-likeness (QED) is 0.175. The minimum atomic E-state index is -1.11. The number of carbonyl (C=O) groups is 1. The zero-order valence-electron chi connectivity index (χ0n) is 18.2. The van der Waals surface area contributed by atoms with E-state index in [4.69, 9.17) is 16.3 Å². The molecule has 0 aromatic heterocycles. The third kappa shape index (κ3) is 5.19. The van der Waals surface area contributed by atoms with E-state index in [9.17, 15) is 15.1 Å². The van der Waals surface area contributed by atoms with Crippen LogP contribution in [0.2, 0.25) is 5.02 Å². The topological polar surface area (TPSA) is 82.4 Å². The second kappa shape index (κ2) is 10.1. The van der Waals surface area contributed by atoms with Crippen LogP contribution in [0.5, 0.6) is 11.5 Å². The van der Waals surface area contributed by atoms with Gasteiger partial charge in [-0.3, -0.25) is 0 Å². The number of carboxylic acid groups (broad SMARTS) is 1. The predicted molar refractivity (Wildman–Crippen MR) is 133 cm³/mol. The number of benzene rings is 4. The van der Waals surface area contributed by atoms with Crippen molar-refractivity contribution in [1.82, 2.24) is 0 Å². The van der Waals surface area contributed by atoms with Gasteiger partial charge in [-0.1, -0.05) is 47.1 Å². The first-order valence-corrected chi connectivity index (χ1v) is 10.8. The Kier molecular flexibility index (Phi) is 6.80. The van der Waals surface area contributed by atoms with Gasteiger partial charge in [0, 0.05) is 34.6 Å². The number of oxime groups is 1. The van der Waals surface area contributed by atoms with Gasteiger partial charge >= 0.3 is 5.97 Å². The summed E-state index contributed by atoms with van der Waals surface area (Å²) in [6.45, 7) is 0. The van der Waals surface area contributed by atoms with E-state index in [0.29, 0.717) is 27.6 Å². The first kappa shape index (κ1) is 22.9. The van der Waals surface area contributed by atoms with Crippen LogP contribution in [0.4, 0.5) is 11.4 Å². The normalized spacial score (nSPS) is 11.2. The molecule has 6 nitrogen and oxygen atoms in total. The monoisotopic (exact) mass is 472 g/mol. The molecule has 34 heavy (non-hydrogen) atoms. The molecule has 0 fully saturated rings. The second-order valence-electron chi connectivity index (χ2n) is 7.50. The summed E-state index contributed by atoms with van der Waals surface area (Å²) in [5, 5.41) is 23.5. The van der Waals surface area contributed by atoms with Crippen LogP contribution in [0.1, 0.15) is 21.5 Å². The number of aromatic carboxylic acids is 1. The van der Waals surface area contributed by atoms with Gasteiger partial charge in [0.1, 0.15) is 17.2 Å². The zero-order valence-corrected chi connectivity index (χ0v) is 19.0. The van der Waals surface area contributed by atoms with Gasteiger partial charge in [0.25, 0.3) is 0 Å². The van der Waals surface area contributed by atoms with Crippen LogP contribution < -0.4 is 9.64 Å². The molecule has 0 saturated carbocycles. The Morgan fingerprint density at radius 2 is 1.38 bits per heavy atom. The van der Waals surface area contributed by atoms with Crippen molar-refractivity contribution in [3.63, 3.8) is 0 Å². The molecule has 0 spiro atoms. The number of anilines is 2. The number of halogens is 1. The van der Waals surface area contributed by atoms with Crippen LogP contribution >= 0.6 is 11.6 Å². The summed E-state index contributed by atoms with van der Waals surface area (Å²) < 4.78 is 5.83. The Bertz CT molecular complexity index is 1320. The van der Waals surface area contributed by atoms with Crippen LogP contribution in [0.15, 0.2) is 102 Å². The van der Waals surface area contributed by atoms with Crippen molar-refractivity contribution in [2.45, 2.75) is 0 Å². The summed E-state index contributed by atoms with van der Waals surface area (Å²) in [6, 6.07) is 28.4. The van der Waals surface area contributed by atoms with E-state index in [0.717, 1.165) is 11.4 Å². The summed E-state index contributed by atoms with van der Waals surface area (Å²) in [4.78, 5) is 13.7. The van der Waals surface area contributed by atoms with Crippen LogP contribution in [-0.4, -0.2) is 29.0 Å². The summed E-state index contributed by atoms with van der Waals surface area (Å²) in [5.74, 6) is -0.230. The maximum atomic E-state index is 11.7. The van der Waals surface area contributed by atoms with Gasteiger partial charge in [-0.25, -0.2) is 4.79 Å². The molecule has 4 aromatic carbocycles. The van der Waals surface area contributed by atoms with Gasteiger partial charge in [0.05, 0.1) is 5.56 Å². The van der Waals surface area contributed by atoms with E-state index < -0.39 is 5.97 Å². The van der Waals surface area contributed by atoms with Crippen LogP contribution in [-0.2, 0) is 0 Å². The molecule has 0 bridgehead atoms. The van der Waals surface area contributed by atoms with Crippen LogP contribution in [0, 0.1) is 0 Å². The van der Waals surface area contributed by atoms with E-state index in [2.05, 4.69) is 5.16 Å². The van der Waals surface area contributed by atoms with Crippen molar-refractivity contribution in [3.8, 4) is 11.5 Å². The molecule has 0 aliphatic rings. The van der Waals surface area contributed by atoms with Crippen LogP contribution in [0.3, 0.4) is 0 Å². The minimum absolute atomic E-state index is 0.0173. The second-order valence-corrected chi connectivity index (χ2v) is 7.93. The Hall–Kier alpha value is -4.29. The van der Waals surface area contributed by atoms with Crippen molar-refractivity contribution < 1.29 is 19.8 Å². The molecule has 7 heteroatoms. The summed E-state index contributed by atoms with van der Waals surface area (Å²) in [6.07, 6.45) is 0. The molecule has 0 saturated heterocycles. The van der Waals surface area contributed by atoms with Crippen molar-refractivity contribution in [2.24, 2.45) is 5.16 Å². The average Bonchev–Trinajstić information content (AvgIpc) is 2.85.